The molecule has 1 fully saturated rings. The highest BCUT2D eigenvalue weighted by molar-refractivity contribution is 7.84. The zero-order valence-electron chi connectivity index (χ0n) is 12.6. The lowest BCUT2D eigenvalue weighted by Crippen LogP contribution is -2.30. The van der Waals surface area contributed by atoms with E-state index in [1.165, 1.54) is 18.1 Å². The number of ether oxygens (including phenoxy) is 2. The van der Waals surface area contributed by atoms with Gasteiger partial charge in [0.25, 0.3) is 0 Å². The standard InChI is InChI=1S/C11H16N6O6S/c1-21-11-8-9(12)14-4-15-10(8)17(16-11)7-2-5(18)6(23-7)3-22-24(13,19)20/h4-7,18H,2-3H2,1H3,(H2,12,14,15)(H2,13,19,20)/t5-,6-,7+/m0/s1. The van der Waals surface area contributed by atoms with Crippen LogP contribution < -0.4 is 15.6 Å². The fraction of sp³-hybridized carbons (Fsp3) is 0.545. The maximum atomic E-state index is 10.9. The Bertz CT molecular complexity index is 854. The number of anilines is 1. The zero-order valence-corrected chi connectivity index (χ0v) is 13.4. The van der Waals surface area contributed by atoms with Gasteiger partial charge in [-0.05, 0) is 0 Å². The topological polar surface area (TPSA) is 178 Å². The molecule has 24 heavy (non-hydrogen) atoms. The highest BCUT2D eigenvalue weighted by Crippen LogP contribution is 2.34. The van der Waals surface area contributed by atoms with E-state index in [1.807, 2.05) is 0 Å². The van der Waals surface area contributed by atoms with Crippen molar-refractivity contribution in [2.24, 2.45) is 5.14 Å². The molecule has 132 valence electrons. The van der Waals surface area contributed by atoms with E-state index in [0.717, 1.165) is 0 Å². The summed E-state index contributed by atoms with van der Waals surface area (Å²) in [5.74, 6) is 0.404. The first kappa shape index (κ1) is 16.8. The Labute approximate surface area is 136 Å². The Morgan fingerprint density at radius 1 is 1.50 bits per heavy atom. The van der Waals surface area contributed by atoms with Crippen molar-refractivity contribution in [1.82, 2.24) is 19.7 Å². The molecule has 0 amide bonds. The molecule has 1 aliphatic rings. The molecule has 3 atom stereocenters. The molecule has 2 aromatic rings. The van der Waals surface area contributed by atoms with E-state index in [0.29, 0.717) is 11.0 Å². The molecule has 0 unspecified atom stereocenters. The lowest BCUT2D eigenvalue weighted by Gasteiger charge is -2.14. The molecule has 0 bridgehead atoms. The maximum Gasteiger partial charge on any atom is 0.333 e. The summed E-state index contributed by atoms with van der Waals surface area (Å²) in [7, 11) is -2.71. The minimum absolute atomic E-state index is 0.141. The van der Waals surface area contributed by atoms with Crippen LogP contribution >= 0.6 is 0 Å². The Balaban J connectivity index is 1.88. The van der Waals surface area contributed by atoms with E-state index in [2.05, 4.69) is 19.2 Å². The van der Waals surface area contributed by atoms with Crippen molar-refractivity contribution in [3.05, 3.63) is 6.33 Å². The fourth-order valence-corrected chi connectivity index (χ4v) is 2.81. The van der Waals surface area contributed by atoms with Crippen molar-refractivity contribution in [3.8, 4) is 5.88 Å². The average molecular weight is 360 g/mol. The minimum Gasteiger partial charge on any atom is -0.479 e. The van der Waals surface area contributed by atoms with Gasteiger partial charge < -0.3 is 20.3 Å². The van der Waals surface area contributed by atoms with Crippen LogP contribution in [0.2, 0.25) is 0 Å². The number of hydrogen-bond acceptors (Lipinski definition) is 10. The monoisotopic (exact) mass is 360 g/mol. The zero-order chi connectivity index (χ0) is 17.5. The summed E-state index contributed by atoms with van der Waals surface area (Å²) in [6.07, 6.45) is -1.17. The van der Waals surface area contributed by atoms with Crippen LogP contribution in [0.4, 0.5) is 5.82 Å². The number of aliphatic hydroxyl groups excluding tert-OH is 1. The van der Waals surface area contributed by atoms with Gasteiger partial charge in [-0.1, -0.05) is 0 Å². The molecule has 0 radical (unpaired) electrons. The molecule has 0 saturated carbocycles. The predicted molar refractivity (Wildman–Crippen MR) is 79.9 cm³/mol. The number of aromatic nitrogens is 4. The molecule has 3 rings (SSSR count). The minimum atomic E-state index is -4.13. The molecule has 0 aromatic carbocycles. The number of hydrogen-bond donors (Lipinski definition) is 3. The van der Waals surface area contributed by atoms with Crippen molar-refractivity contribution in [3.63, 3.8) is 0 Å². The predicted octanol–water partition coefficient (Wildman–Crippen LogP) is -1.71. The van der Waals surface area contributed by atoms with Crippen molar-refractivity contribution < 1.29 is 27.2 Å². The number of methoxy groups -OCH3 is 1. The van der Waals surface area contributed by atoms with Crippen molar-refractivity contribution in [2.75, 3.05) is 19.5 Å². The van der Waals surface area contributed by atoms with Gasteiger partial charge in [0.1, 0.15) is 23.6 Å². The molecule has 1 aliphatic heterocycles. The molecule has 0 spiro atoms. The van der Waals surface area contributed by atoms with Gasteiger partial charge in [0.2, 0.25) is 5.88 Å². The first-order valence-corrected chi connectivity index (χ1v) is 8.30. The molecule has 5 N–H and O–H groups in total. The van der Waals surface area contributed by atoms with E-state index in [9.17, 15) is 13.5 Å². The van der Waals surface area contributed by atoms with Crippen LogP contribution in [0.5, 0.6) is 5.88 Å². The molecule has 1 saturated heterocycles. The van der Waals surface area contributed by atoms with Gasteiger partial charge in [0, 0.05) is 6.42 Å². The third-order valence-electron chi connectivity index (χ3n) is 3.55. The van der Waals surface area contributed by atoms with Crippen molar-refractivity contribution in [1.29, 1.82) is 0 Å². The molecular weight excluding hydrogens is 344 g/mol. The number of fused-ring (bicyclic) bond motifs is 1. The van der Waals surface area contributed by atoms with Crippen LogP contribution in [-0.2, 0) is 19.2 Å². The SMILES string of the molecule is COc1nn([C@H]2C[C@H](O)[C@H](COS(N)(=O)=O)O2)c2ncnc(N)c12. The Morgan fingerprint density at radius 3 is 2.92 bits per heavy atom. The number of rotatable bonds is 5. The maximum absolute atomic E-state index is 10.9. The fourth-order valence-electron chi connectivity index (χ4n) is 2.48. The lowest BCUT2D eigenvalue weighted by atomic mass is 10.2. The van der Waals surface area contributed by atoms with Gasteiger partial charge in [-0.15, -0.1) is 5.10 Å². The van der Waals surface area contributed by atoms with Crippen LogP contribution in [0.3, 0.4) is 0 Å². The summed E-state index contributed by atoms with van der Waals surface area (Å²) in [5, 5.41) is 19.4. The van der Waals surface area contributed by atoms with E-state index < -0.39 is 35.3 Å². The smallest absolute Gasteiger partial charge is 0.333 e. The first-order valence-electron chi connectivity index (χ1n) is 6.83. The highest BCUT2D eigenvalue weighted by atomic mass is 32.2. The Morgan fingerprint density at radius 2 is 2.25 bits per heavy atom. The third-order valence-corrected chi connectivity index (χ3v) is 4.02. The highest BCUT2D eigenvalue weighted by Gasteiger charge is 2.38. The summed E-state index contributed by atoms with van der Waals surface area (Å²) in [6, 6.07) is 0. The van der Waals surface area contributed by atoms with Crippen LogP contribution in [0, 0.1) is 0 Å². The van der Waals surface area contributed by atoms with Crippen LogP contribution in [0.1, 0.15) is 12.6 Å². The number of nitrogens with zero attached hydrogens (tertiary/aromatic N) is 4. The third kappa shape index (κ3) is 3.11. The Kier molecular flexibility index (Phi) is 4.27. The average Bonchev–Trinajstić information content (AvgIpc) is 3.06. The van der Waals surface area contributed by atoms with Crippen LogP contribution in [-0.4, -0.2) is 59.2 Å². The first-order chi connectivity index (χ1) is 11.3. The number of nitrogen functional groups attached to an aromatic ring is 1. The van der Waals surface area contributed by atoms with Gasteiger partial charge in [-0.3, -0.25) is 4.18 Å². The van der Waals surface area contributed by atoms with Crippen molar-refractivity contribution >= 4 is 27.2 Å². The van der Waals surface area contributed by atoms with E-state index in [1.54, 1.807) is 0 Å². The van der Waals surface area contributed by atoms with E-state index in [-0.39, 0.29) is 18.1 Å². The quantitative estimate of drug-likeness (QED) is 0.555. The number of aliphatic hydroxyl groups is 1. The summed E-state index contributed by atoms with van der Waals surface area (Å²) >= 11 is 0. The van der Waals surface area contributed by atoms with Gasteiger partial charge in [0.15, 0.2) is 11.9 Å². The molecule has 2 aromatic heterocycles. The van der Waals surface area contributed by atoms with Crippen LogP contribution in [0.25, 0.3) is 11.0 Å². The second-order valence-electron chi connectivity index (χ2n) is 5.12. The summed E-state index contributed by atoms with van der Waals surface area (Å²) in [6.45, 7) is -0.413. The largest absolute Gasteiger partial charge is 0.479 e. The summed E-state index contributed by atoms with van der Waals surface area (Å²) in [4.78, 5) is 8.00. The second-order valence-corrected chi connectivity index (χ2v) is 6.34. The lowest BCUT2D eigenvalue weighted by molar-refractivity contribution is -0.0414. The molecule has 0 aliphatic carbocycles. The van der Waals surface area contributed by atoms with Gasteiger partial charge >= 0.3 is 10.3 Å². The molecule has 12 nitrogen and oxygen atoms in total. The molecular formula is C11H16N6O6S. The van der Waals surface area contributed by atoms with E-state index >= 15 is 0 Å². The normalized spacial score (nSPS) is 24.5. The van der Waals surface area contributed by atoms with Crippen LogP contribution in [0.15, 0.2) is 6.33 Å². The van der Waals surface area contributed by atoms with Gasteiger partial charge in [0.05, 0.1) is 19.8 Å². The van der Waals surface area contributed by atoms with E-state index in [4.69, 9.17) is 20.3 Å². The molecule has 3 heterocycles. The Hall–Kier alpha value is -2.06. The van der Waals surface area contributed by atoms with Crippen molar-refractivity contribution in [2.45, 2.75) is 24.9 Å². The summed E-state index contributed by atoms with van der Waals surface area (Å²) < 4.78 is 38.3. The second kappa shape index (κ2) is 6.10. The number of nitrogens with two attached hydrogens (primary N) is 2. The van der Waals surface area contributed by atoms with Gasteiger partial charge in [-0.2, -0.15) is 8.42 Å². The van der Waals surface area contributed by atoms with Gasteiger partial charge in [-0.25, -0.2) is 19.8 Å². The molecule has 13 heteroatoms. The summed E-state index contributed by atoms with van der Waals surface area (Å²) in [5.41, 5.74) is 6.18.